The van der Waals surface area contributed by atoms with Gasteiger partial charge in [-0.25, -0.2) is 0 Å². The number of thioether (sulfide) groups is 1. The predicted molar refractivity (Wildman–Crippen MR) is 46.1 cm³/mol. The van der Waals surface area contributed by atoms with Crippen LogP contribution in [0.25, 0.3) is 0 Å². The topological polar surface area (TPSA) is 12.0 Å². The van der Waals surface area contributed by atoms with E-state index in [1.54, 1.807) is 4.91 Å². The third-order valence-electron chi connectivity index (χ3n) is 1.88. The second-order valence-electron chi connectivity index (χ2n) is 2.59. The van der Waals surface area contributed by atoms with E-state index in [0.29, 0.717) is 0 Å². The van der Waals surface area contributed by atoms with Crippen LogP contribution in [0.5, 0.6) is 0 Å². The van der Waals surface area contributed by atoms with Crippen molar-refractivity contribution in [3.05, 3.63) is 22.6 Å². The van der Waals surface area contributed by atoms with Gasteiger partial charge in [-0.15, -0.1) is 11.8 Å². The Balaban J connectivity index is 2.23. The fourth-order valence-electron chi connectivity index (χ4n) is 1.34. The monoisotopic (exact) mass is 153 g/mol. The molecule has 2 heterocycles. The van der Waals surface area contributed by atoms with Gasteiger partial charge in [0, 0.05) is 18.8 Å². The minimum atomic E-state index is 1.08. The van der Waals surface area contributed by atoms with E-state index in [9.17, 15) is 0 Å². The summed E-state index contributed by atoms with van der Waals surface area (Å²) < 4.78 is 0. The largest absolute Gasteiger partial charge is 0.312 e. The molecule has 0 saturated carbocycles. The highest BCUT2D eigenvalue weighted by molar-refractivity contribution is 8.03. The Kier molecular flexibility index (Phi) is 1.82. The first-order valence-electron chi connectivity index (χ1n) is 3.69. The summed E-state index contributed by atoms with van der Waals surface area (Å²) >= 11 is 2.00. The van der Waals surface area contributed by atoms with E-state index in [2.05, 4.69) is 17.5 Å². The third kappa shape index (κ3) is 1.13. The molecule has 0 aromatic carbocycles. The average Bonchev–Trinajstić information content (AvgIpc) is 2.05. The van der Waals surface area contributed by atoms with E-state index in [0.717, 1.165) is 6.54 Å². The van der Waals surface area contributed by atoms with E-state index < -0.39 is 0 Å². The van der Waals surface area contributed by atoms with Crippen LogP contribution in [0.4, 0.5) is 0 Å². The van der Waals surface area contributed by atoms with Crippen molar-refractivity contribution in [2.75, 3.05) is 18.8 Å². The molecule has 54 valence electrons. The van der Waals surface area contributed by atoms with Gasteiger partial charge in [-0.1, -0.05) is 12.2 Å². The Hall–Kier alpha value is -0.210. The van der Waals surface area contributed by atoms with E-state index in [1.807, 2.05) is 11.8 Å². The maximum atomic E-state index is 3.36. The Bertz CT molecular complexity index is 193. The van der Waals surface area contributed by atoms with Crippen molar-refractivity contribution in [2.24, 2.45) is 0 Å². The van der Waals surface area contributed by atoms with Gasteiger partial charge < -0.3 is 5.32 Å². The van der Waals surface area contributed by atoms with Crippen LogP contribution in [-0.4, -0.2) is 18.8 Å². The molecule has 2 aliphatic heterocycles. The van der Waals surface area contributed by atoms with Crippen LogP contribution < -0.4 is 5.32 Å². The Morgan fingerprint density at radius 1 is 1.50 bits per heavy atom. The second-order valence-corrected chi connectivity index (χ2v) is 3.70. The number of rotatable bonds is 0. The third-order valence-corrected chi connectivity index (χ3v) is 3.05. The van der Waals surface area contributed by atoms with Gasteiger partial charge in [0.1, 0.15) is 0 Å². The highest BCUT2D eigenvalue weighted by Gasteiger charge is 2.11. The fraction of sp³-hybridized carbons (Fsp3) is 0.500. The quantitative estimate of drug-likeness (QED) is 0.566. The van der Waals surface area contributed by atoms with Crippen LogP contribution in [0.2, 0.25) is 0 Å². The zero-order chi connectivity index (χ0) is 6.81. The lowest BCUT2D eigenvalue weighted by molar-refractivity contribution is 0.705. The molecule has 0 saturated heterocycles. The molecule has 1 nitrogen and oxygen atoms in total. The molecule has 0 atom stereocenters. The van der Waals surface area contributed by atoms with Crippen LogP contribution in [0.3, 0.4) is 0 Å². The van der Waals surface area contributed by atoms with E-state index in [1.165, 1.54) is 24.3 Å². The first kappa shape index (κ1) is 6.50. The molecule has 0 aliphatic carbocycles. The van der Waals surface area contributed by atoms with Gasteiger partial charge in [0.25, 0.3) is 0 Å². The number of hydrogen-bond acceptors (Lipinski definition) is 2. The van der Waals surface area contributed by atoms with Crippen LogP contribution >= 0.6 is 11.8 Å². The van der Waals surface area contributed by atoms with Crippen LogP contribution in [0.15, 0.2) is 22.6 Å². The van der Waals surface area contributed by atoms with Gasteiger partial charge in [-0.2, -0.15) is 0 Å². The molecular formula is C8H11NS. The van der Waals surface area contributed by atoms with Crippen LogP contribution in [0, 0.1) is 0 Å². The fourth-order valence-corrected chi connectivity index (χ4v) is 2.31. The van der Waals surface area contributed by atoms with Crippen LogP contribution in [0.1, 0.15) is 6.42 Å². The summed E-state index contributed by atoms with van der Waals surface area (Å²) in [7, 11) is 0. The highest BCUT2D eigenvalue weighted by atomic mass is 32.2. The van der Waals surface area contributed by atoms with Gasteiger partial charge in [-0.3, -0.25) is 0 Å². The predicted octanol–water partition coefficient (Wildman–Crippen LogP) is 1.54. The molecule has 1 N–H and O–H groups in total. The van der Waals surface area contributed by atoms with Gasteiger partial charge in [0.15, 0.2) is 0 Å². The molecule has 2 aliphatic rings. The summed E-state index contributed by atoms with van der Waals surface area (Å²) in [4.78, 5) is 1.61. The van der Waals surface area contributed by atoms with Crippen LogP contribution in [-0.2, 0) is 0 Å². The first-order chi connectivity index (χ1) is 4.97. The molecule has 0 aromatic heterocycles. The van der Waals surface area contributed by atoms with E-state index >= 15 is 0 Å². The lowest BCUT2D eigenvalue weighted by Gasteiger charge is -2.20. The van der Waals surface area contributed by atoms with Crippen molar-refractivity contribution in [1.29, 1.82) is 0 Å². The summed E-state index contributed by atoms with van der Waals surface area (Å²) in [6.45, 7) is 2.25. The molecule has 2 rings (SSSR count). The van der Waals surface area contributed by atoms with Gasteiger partial charge >= 0.3 is 0 Å². The molecule has 2 heteroatoms. The normalized spacial score (nSPS) is 24.8. The van der Waals surface area contributed by atoms with Crippen molar-refractivity contribution in [1.82, 2.24) is 5.32 Å². The lowest BCUT2D eigenvalue weighted by Crippen LogP contribution is -2.24. The molecular weight excluding hydrogens is 142 g/mol. The summed E-state index contributed by atoms with van der Waals surface area (Å²) in [5, 5.41) is 3.36. The zero-order valence-corrected chi connectivity index (χ0v) is 6.71. The first-order valence-corrected chi connectivity index (χ1v) is 4.67. The highest BCUT2D eigenvalue weighted by Crippen LogP contribution is 2.29. The molecule has 0 bridgehead atoms. The summed E-state index contributed by atoms with van der Waals surface area (Å²) in [6, 6.07) is 0. The van der Waals surface area contributed by atoms with Crippen molar-refractivity contribution in [3.63, 3.8) is 0 Å². The lowest BCUT2D eigenvalue weighted by atomic mass is 10.1. The van der Waals surface area contributed by atoms with Crippen molar-refractivity contribution >= 4 is 11.8 Å². The molecule has 10 heavy (non-hydrogen) atoms. The molecule has 0 unspecified atom stereocenters. The smallest absolute Gasteiger partial charge is 0.0213 e. The Morgan fingerprint density at radius 3 is 3.40 bits per heavy atom. The molecule has 0 spiro atoms. The SMILES string of the molecule is C1=CC2=C(CCNC2)SC1. The minimum Gasteiger partial charge on any atom is -0.312 e. The van der Waals surface area contributed by atoms with Gasteiger partial charge in [0.05, 0.1) is 0 Å². The number of nitrogens with one attached hydrogen (secondary N) is 1. The van der Waals surface area contributed by atoms with Crippen molar-refractivity contribution < 1.29 is 0 Å². The molecule has 0 fully saturated rings. The molecule has 0 aromatic rings. The van der Waals surface area contributed by atoms with E-state index in [-0.39, 0.29) is 0 Å². The van der Waals surface area contributed by atoms with Gasteiger partial charge in [-0.05, 0) is 16.9 Å². The van der Waals surface area contributed by atoms with Crippen molar-refractivity contribution in [2.45, 2.75) is 6.42 Å². The van der Waals surface area contributed by atoms with Gasteiger partial charge in [0.2, 0.25) is 0 Å². The average molecular weight is 153 g/mol. The Labute approximate surface area is 65.6 Å². The number of hydrogen-bond donors (Lipinski definition) is 1. The Morgan fingerprint density at radius 2 is 2.50 bits per heavy atom. The molecule has 0 radical (unpaired) electrons. The standard InChI is InChI=1S/C8H11NS/c1-2-7-6-9-4-3-8(7)10-5-1/h1-2,9H,3-6H2. The zero-order valence-electron chi connectivity index (χ0n) is 5.89. The maximum absolute atomic E-state index is 3.36. The summed E-state index contributed by atoms with van der Waals surface area (Å²) in [5.41, 5.74) is 1.52. The van der Waals surface area contributed by atoms with E-state index in [4.69, 9.17) is 0 Å². The van der Waals surface area contributed by atoms with Crippen molar-refractivity contribution in [3.8, 4) is 0 Å². The second kappa shape index (κ2) is 2.81. The summed E-state index contributed by atoms with van der Waals surface area (Å²) in [6.07, 6.45) is 5.75. The minimum absolute atomic E-state index is 1.08. The maximum Gasteiger partial charge on any atom is 0.0213 e. The molecule has 0 amide bonds. The summed E-state index contributed by atoms with van der Waals surface area (Å²) in [5.74, 6) is 1.18.